The Labute approximate surface area is 137 Å². The van der Waals surface area contributed by atoms with Crippen LogP contribution >= 0.6 is 0 Å². The Bertz CT molecular complexity index is 905. The largest absolute Gasteiger partial charge is 0.504 e. The minimum absolute atomic E-state index is 0.142. The lowest BCUT2D eigenvalue weighted by Gasteiger charge is -2.36. The van der Waals surface area contributed by atoms with Gasteiger partial charge in [0.1, 0.15) is 6.07 Å². The van der Waals surface area contributed by atoms with Crippen LogP contribution in [0, 0.1) is 11.3 Å². The lowest BCUT2D eigenvalue weighted by Crippen LogP contribution is -2.44. The van der Waals surface area contributed by atoms with Crippen LogP contribution < -0.4 is 9.47 Å². The zero-order valence-corrected chi connectivity index (χ0v) is 12.8. The molecule has 1 aromatic carbocycles. The van der Waals surface area contributed by atoms with E-state index in [4.69, 9.17) is 9.47 Å². The summed E-state index contributed by atoms with van der Waals surface area (Å²) in [5, 5.41) is 39.8. The Morgan fingerprint density at radius 1 is 1.33 bits per heavy atom. The summed E-state index contributed by atoms with van der Waals surface area (Å²) in [4.78, 5) is 4.11. The number of ether oxygens (including phenoxy) is 2. The van der Waals surface area contributed by atoms with Crippen molar-refractivity contribution in [2.24, 2.45) is 0 Å². The van der Waals surface area contributed by atoms with E-state index in [9.17, 15) is 20.6 Å². The van der Waals surface area contributed by atoms with Gasteiger partial charge < -0.3 is 24.8 Å². The van der Waals surface area contributed by atoms with Crippen LogP contribution in [0.4, 0.5) is 0 Å². The van der Waals surface area contributed by atoms with Gasteiger partial charge in [0.25, 0.3) is 0 Å². The highest BCUT2D eigenvalue weighted by Gasteiger charge is 2.51. The second-order valence-corrected chi connectivity index (χ2v) is 6.03. The van der Waals surface area contributed by atoms with Crippen molar-refractivity contribution in [2.75, 3.05) is 7.11 Å². The molecule has 0 fully saturated rings. The highest BCUT2D eigenvalue weighted by Crippen LogP contribution is 2.51. The Kier molecular flexibility index (Phi) is 2.89. The first-order valence-corrected chi connectivity index (χ1v) is 7.39. The van der Waals surface area contributed by atoms with Crippen LogP contribution in [0.3, 0.4) is 0 Å². The van der Waals surface area contributed by atoms with Crippen LogP contribution in [-0.4, -0.2) is 33.2 Å². The zero-order chi connectivity index (χ0) is 17.1. The molecule has 1 aliphatic heterocycles. The van der Waals surface area contributed by atoms with E-state index in [0.717, 1.165) is 0 Å². The smallest absolute Gasteiger partial charge is 0.235 e. The van der Waals surface area contributed by atoms with E-state index in [-0.39, 0.29) is 35.1 Å². The number of aromatic hydroxyl groups is 2. The molecule has 0 saturated heterocycles. The van der Waals surface area contributed by atoms with E-state index in [1.165, 1.54) is 19.2 Å². The molecule has 122 valence electrons. The maximum atomic E-state index is 11.0. The van der Waals surface area contributed by atoms with Crippen molar-refractivity contribution in [3.8, 4) is 29.2 Å². The molecule has 0 saturated carbocycles. The molecule has 1 aromatic heterocycles. The Morgan fingerprint density at radius 3 is 2.79 bits per heavy atom. The minimum Gasteiger partial charge on any atom is -0.504 e. The van der Waals surface area contributed by atoms with Crippen molar-refractivity contribution >= 4 is 0 Å². The Morgan fingerprint density at radius 2 is 2.08 bits per heavy atom. The van der Waals surface area contributed by atoms with Crippen LogP contribution in [0.1, 0.15) is 28.2 Å². The number of phenols is 2. The highest BCUT2D eigenvalue weighted by atomic mass is 16.6. The van der Waals surface area contributed by atoms with Crippen molar-refractivity contribution in [1.29, 1.82) is 5.26 Å². The summed E-state index contributed by atoms with van der Waals surface area (Å²) < 4.78 is 10.9. The molecule has 0 bridgehead atoms. The lowest BCUT2D eigenvalue weighted by atomic mass is 9.87. The monoisotopic (exact) mass is 326 g/mol. The van der Waals surface area contributed by atoms with E-state index in [2.05, 4.69) is 4.98 Å². The zero-order valence-electron chi connectivity index (χ0n) is 12.8. The number of rotatable bonds is 1. The van der Waals surface area contributed by atoms with Gasteiger partial charge in [-0.1, -0.05) is 0 Å². The summed E-state index contributed by atoms with van der Waals surface area (Å²) in [6, 6.07) is 4.89. The summed E-state index contributed by atoms with van der Waals surface area (Å²) in [5.41, 5.74) is 2.24. The molecule has 1 aliphatic carbocycles. The van der Waals surface area contributed by atoms with Crippen LogP contribution in [0.15, 0.2) is 18.3 Å². The molecule has 7 nitrogen and oxygen atoms in total. The lowest BCUT2D eigenvalue weighted by molar-refractivity contribution is -0.155. The number of nitrogens with zero attached hydrogens (tertiary/aromatic N) is 2. The molecule has 2 atom stereocenters. The van der Waals surface area contributed by atoms with Gasteiger partial charge in [0.05, 0.1) is 13.0 Å². The highest BCUT2D eigenvalue weighted by molar-refractivity contribution is 5.58. The van der Waals surface area contributed by atoms with E-state index in [1.807, 2.05) is 6.07 Å². The van der Waals surface area contributed by atoms with Crippen LogP contribution in [0.2, 0.25) is 0 Å². The van der Waals surface area contributed by atoms with Gasteiger partial charge in [-0.3, -0.25) is 0 Å². The van der Waals surface area contributed by atoms with Crippen molar-refractivity contribution in [3.05, 3.63) is 40.6 Å². The number of pyridine rings is 1. The number of fused-ring (bicyclic) bond motifs is 4. The maximum absolute atomic E-state index is 11.0. The van der Waals surface area contributed by atoms with Crippen LogP contribution in [0.5, 0.6) is 23.1 Å². The molecule has 2 aromatic rings. The van der Waals surface area contributed by atoms with Crippen molar-refractivity contribution < 1.29 is 24.8 Å². The van der Waals surface area contributed by atoms with Gasteiger partial charge in [0.2, 0.25) is 11.7 Å². The summed E-state index contributed by atoms with van der Waals surface area (Å²) >= 11 is 0. The SMILES string of the molecule is COc1ncc2c(c1C#N)OC1(O)Cc3cc(O)c(O)cc3C1C2. The third-order valence-electron chi connectivity index (χ3n) is 4.68. The molecule has 2 heterocycles. The van der Waals surface area contributed by atoms with Gasteiger partial charge in [0.15, 0.2) is 22.8 Å². The Hall–Kier alpha value is -2.98. The second kappa shape index (κ2) is 4.76. The molecular formula is C17H14N2O5. The quantitative estimate of drug-likeness (QED) is 0.677. The molecular weight excluding hydrogens is 312 g/mol. The van der Waals surface area contributed by atoms with E-state index in [0.29, 0.717) is 23.1 Å². The first-order valence-electron chi connectivity index (χ1n) is 7.39. The molecule has 7 heteroatoms. The van der Waals surface area contributed by atoms with Gasteiger partial charge in [-0.15, -0.1) is 0 Å². The first kappa shape index (κ1) is 14.6. The molecule has 2 unspecified atom stereocenters. The fourth-order valence-corrected chi connectivity index (χ4v) is 3.56. The fourth-order valence-electron chi connectivity index (χ4n) is 3.56. The average Bonchev–Trinajstić information content (AvgIpc) is 2.82. The number of methoxy groups -OCH3 is 1. The van der Waals surface area contributed by atoms with Gasteiger partial charge >= 0.3 is 0 Å². The van der Waals surface area contributed by atoms with E-state index in [1.54, 1.807) is 6.20 Å². The normalized spacial score (nSPS) is 23.5. The third-order valence-corrected chi connectivity index (χ3v) is 4.68. The summed E-state index contributed by atoms with van der Waals surface area (Å²) in [6.07, 6.45) is 2.11. The fraction of sp³-hybridized carbons (Fsp3) is 0.294. The average molecular weight is 326 g/mol. The van der Waals surface area contributed by atoms with Gasteiger partial charge in [-0.2, -0.15) is 5.26 Å². The molecule has 0 radical (unpaired) electrons. The van der Waals surface area contributed by atoms with Crippen molar-refractivity contribution in [1.82, 2.24) is 4.98 Å². The van der Waals surface area contributed by atoms with E-state index >= 15 is 0 Å². The topological polar surface area (TPSA) is 116 Å². The molecule has 4 rings (SSSR count). The molecule has 0 amide bonds. The van der Waals surface area contributed by atoms with Gasteiger partial charge in [0, 0.05) is 18.2 Å². The van der Waals surface area contributed by atoms with Crippen molar-refractivity contribution in [3.63, 3.8) is 0 Å². The predicted molar refractivity (Wildman–Crippen MR) is 81.0 cm³/mol. The Balaban J connectivity index is 1.85. The predicted octanol–water partition coefficient (Wildman–Crippen LogP) is 1.34. The summed E-state index contributed by atoms with van der Waals surface area (Å²) in [7, 11) is 1.41. The number of aromatic nitrogens is 1. The number of aliphatic hydroxyl groups is 1. The second-order valence-electron chi connectivity index (χ2n) is 6.03. The number of phenolic OH excluding ortho intramolecular Hbond substituents is 2. The summed E-state index contributed by atoms with van der Waals surface area (Å²) in [6.45, 7) is 0. The van der Waals surface area contributed by atoms with E-state index < -0.39 is 11.7 Å². The number of nitriles is 1. The number of benzene rings is 1. The standard InChI is InChI=1S/C17H14N2O5/c1-23-16-11(6-18)15-9(7-19-16)2-12-10-4-14(21)13(20)3-8(10)5-17(12,22)24-15/h3-4,7,12,20-22H,2,5H2,1H3. The molecule has 2 aliphatic rings. The molecule has 0 spiro atoms. The molecule has 24 heavy (non-hydrogen) atoms. The summed E-state index contributed by atoms with van der Waals surface area (Å²) in [5.74, 6) is -2.04. The van der Waals surface area contributed by atoms with Crippen LogP contribution in [-0.2, 0) is 12.8 Å². The first-order chi connectivity index (χ1) is 11.5. The van der Waals surface area contributed by atoms with Gasteiger partial charge in [-0.05, 0) is 29.7 Å². The van der Waals surface area contributed by atoms with Crippen molar-refractivity contribution in [2.45, 2.75) is 24.5 Å². The number of hydrogen-bond acceptors (Lipinski definition) is 7. The van der Waals surface area contributed by atoms with Gasteiger partial charge in [-0.25, -0.2) is 4.98 Å². The third kappa shape index (κ3) is 1.83. The minimum atomic E-state index is -1.55. The van der Waals surface area contributed by atoms with Crippen LogP contribution in [0.25, 0.3) is 0 Å². The molecule has 3 N–H and O–H groups in total. The maximum Gasteiger partial charge on any atom is 0.235 e. The number of hydrogen-bond donors (Lipinski definition) is 3.